The fourth-order valence-electron chi connectivity index (χ4n) is 3.58. The van der Waals surface area contributed by atoms with Crippen LogP contribution in [0.15, 0.2) is 4.52 Å². The van der Waals surface area contributed by atoms with E-state index in [1.54, 1.807) is 0 Å². The topological polar surface area (TPSA) is 93.0 Å². The van der Waals surface area contributed by atoms with Crippen LogP contribution in [0.4, 0.5) is 0 Å². The maximum absolute atomic E-state index is 12.6. The van der Waals surface area contributed by atoms with Crippen molar-refractivity contribution >= 4 is 15.9 Å². The first kappa shape index (κ1) is 18.3. The Bertz CT molecular complexity index is 730. The molecule has 8 nitrogen and oxygen atoms in total. The Morgan fingerprint density at radius 1 is 1.24 bits per heavy atom. The molecule has 0 bridgehead atoms. The van der Waals surface area contributed by atoms with Gasteiger partial charge in [-0.2, -0.15) is 4.31 Å². The molecule has 0 atom stereocenters. The maximum atomic E-state index is 12.6. The molecule has 2 fully saturated rings. The molecule has 1 aromatic heterocycles. The summed E-state index contributed by atoms with van der Waals surface area (Å²) in [7, 11) is -3.22. The van der Waals surface area contributed by atoms with Crippen molar-refractivity contribution in [2.45, 2.75) is 38.7 Å². The first-order chi connectivity index (χ1) is 11.7. The van der Waals surface area contributed by atoms with Crippen LogP contribution in [0.2, 0.25) is 0 Å². The van der Waals surface area contributed by atoms with Crippen LogP contribution in [0.5, 0.6) is 0 Å². The average Bonchev–Trinajstić information content (AvgIpc) is 2.87. The molecule has 1 amide bonds. The first-order valence-electron chi connectivity index (χ1n) is 8.49. The van der Waals surface area contributed by atoms with E-state index in [1.165, 1.54) is 10.6 Å². The van der Waals surface area contributed by atoms with Crippen molar-refractivity contribution in [2.75, 3.05) is 39.0 Å². The highest BCUT2D eigenvalue weighted by Gasteiger charge is 2.42. The molecule has 3 rings (SSSR count). The third kappa shape index (κ3) is 3.88. The molecule has 2 aliphatic heterocycles. The van der Waals surface area contributed by atoms with Crippen LogP contribution in [0, 0.1) is 13.8 Å². The predicted molar refractivity (Wildman–Crippen MR) is 90.6 cm³/mol. The van der Waals surface area contributed by atoms with Crippen molar-refractivity contribution in [2.24, 2.45) is 0 Å². The molecule has 0 unspecified atom stereocenters. The lowest BCUT2D eigenvalue weighted by Crippen LogP contribution is -2.58. The molecule has 0 N–H and O–H groups in total. The molecule has 140 valence electrons. The lowest BCUT2D eigenvalue weighted by atomic mass is 9.89. The van der Waals surface area contributed by atoms with Crippen molar-refractivity contribution in [3.05, 3.63) is 17.0 Å². The summed E-state index contributed by atoms with van der Waals surface area (Å²) < 4.78 is 36.2. The number of carbonyl (C=O) groups is 1. The Morgan fingerprint density at radius 2 is 1.92 bits per heavy atom. The van der Waals surface area contributed by atoms with Gasteiger partial charge in [0.1, 0.15) is 5.76 Å². The van der Waals surface area contributed by atoms with Gasteiger partial charge in [-0.1, -0.05) is 5.16 Å². The van der Waals surface area contributed by atoms with Gasteiger partial charge in [-0.05, 0) is 26.7 Å². The molecule has 0 saturated carbocycles. The Kier molecular flexibility index (Phi) is 4.91. The fraction of sp³-hybridized carbons (Fsp3) is 0.750. The third-order valence-electron chi connectivity index (χ3n) is 5.22. The van der Waals surface area contributed by atoms with Crippen molar-refractivity contribution in [3.8, 4) is 0 Å². The SMILES string of the molecule is Cc1noc(C)c1CC(=O)N1CCC2(CC1)CN(S(C)(=O)=O)CCO2. The average molecular weight is 371 g/mol. The fourth-order valence-corrected chi connectivity index (χ4v) is 4.45. The molecular weight excluding hydrogens is 346 g/mol. The maximum Gasteiger partial charge on any atom is 0.227 e. The van der Waals surface area contributed by atoms with E-state index in [4.69, 9.17) is 9.26 Å². The normalized spacial score (nSPS) is 21.6. The van der Waals surface area contributed by atoms with Crippen LogP contribution < -0.4 is 0 Å². The lowest BCUT2D eigenvalue weighted by Gasteiger charge is -2.46. The van der Waals surface area contributed by atoms with E-state index in [-0.39, 0.29) is 12.3 Å². The number of aromatic nitrogens is 1. The molecule has 9 heteroatoms. The van der Waals surface area contributed by atoms with Gasteiger partial charge in [0, 0.05) is 31.7 Å². The largest absolute Gasteiger partial charge is 0.372 e. The summed E-state index contributed by atoms with van der Waals surface area (Å²) in [6.07, 6.45) is 2.80. The highest BCUT2D eigenvalue weighted by molar-refractivity contribution is 7.88. The Balaban J connectivity index is 1.61. The van der Waals surface area contributed by atoms with Gasteiger partial charge in [0.2, 0.25) is 15.9 Å². The number of carbonyl (C=O) groups excluding carboxylic acids is 1. The standard InChI is InChI=1S/C16H25N3O5S/c1-12-14(13(2)24-17-12)10-15(20)18-6-4-16(5-7-18)11-19(8-9-23-16)25(3,21)22/h4-11H2,1-3H3. The summed E-state index contributed by atoms with van der Waals surface area (Å²) in [4.78, 5) is 14.4. The van der Waals surface area contributed by atoms with Crippen molar-refractivity contribution < 1.29 is 22.5 Å². The summed E-state index contributed by atoms with van der Waals surface area (Å²) in [6.45, 7) is 5.95. The van der Waals surface area contributed by atoms with Gasteiger partial charge in [0.05, 0.1) is 30.6 Å². The first-order valence-corrected chi connectivity index (χ1v) is 10.3. The Labute approximate surface area is 148 Å². The van der Waals surface area contributed by atoms with E-state index in [0.29, 0.717) is 51.4 Å². The molecule has 3 heterocycles. The molecule has 0 aromatic carbocycles. The van der Waals surface area contributed by atoms with E-state index < -0.39 is 15.6 Å². The number of hydrogen-bond donors (Lipinski definition) is 0. The van der Waals surface area contributed by atoms with Gasteiger partial charge in [-0.25, -0.2) is 8.42 Å². The number of morpholine rings is 1. The zero-order valence-corrected chi connectivity index (χ0v) is 15.8. The number of ether oxygens (including phenoxy) is 1. The number of rotatable bonds is 3. The van der Waals surface area contributed by atoms with Crippen LogP contribution in [-0.2, 0) is 26.0 Å². The van der Waals surface area contributed by atoms with Crippen LogP contribution in [0.25, 0.3) is 0 Å². The second kappa shape index (κ2) is 6.69. The quantitative estimate of drug-likeness (QED) is 0.768. The zero-order valence-electron chi connectivity index (χ0n) is 14.9. The number of aryl methyl sites for hydroxylation is 2. The van der Waals surface area contributed by atoms with Gasteiger partial charge in [0.15, 0.2) is 0 Å². The molecule has 0 radical (unpaired) electrons. The van der Waals surface area contributed by atoms with Crippen molar-refractivity contribution in [1.82, 2.24) is 14.4 Å². The second-order valence-corrected chi connectivity index (χ2v) is 8.97. The van der Waals surface area contributed by atoms with Gasteiger partial charge < -0.3 is 14.2 Å². The van der Waals surface area contributed by atoms with Crippen LogP contribution >= 0.6 is 0 Å². The smallest absolute Gasteiger partial charge is 0.227 e. The molecule has 1 spiro atoms. The van der Waals surface area contributed by atoms with E-state index in [1.807, 2.05) is 18.7 Å². The van der Waals surface area contributed by atoms with Crippen LogP contribution in [0.1, 0.15) is 29.9 Å². The Morgan fingerprint density at radius 3 is 2.48 bits per heavy atom. The monoisotopic (exact) mass is 371 g/mol. The summed E-state index contributed by atoms with van der Waals surface area (Å²) in [6, 6.07) is 0. The minimum atomic E-state index is -3.22. The lowest BCUT2D eigenvalue weighted by molar-refractivity contribution is -0.144. The molecule has 2 aliphatic rings. The van der Waals surface area contributed by atoms with Gasteiger partial charge >= 0.3 is 0 Å². The predicted octanol–water partition coefficient (Wildman–Crippen LogP) is 0.487. The number of piperidine rings is 1. The Hall–Kier alpha value is -1.45. The second-order valence-electron chi connectivity index (χ2n) is 6.99. The highest BCUT2D eigenvalue weighted by atomic mass is 32.2. The number of sulfonamides is 1. The number of likely N-dealkylation sites (tertiary alicyclic amines) is 1. The van der Waals surface area contributed by atoms with Gasteiger partial charge in [-0.15, -0.1) is 0 Å². The van der Waals surface area contributed by atoms with E-state index >= 15 is 0 Å². The van der Waals surface area contributed by atoms with Crippen molar-refractivity contribution in [3.63, 3.8) is 0 Å². The molecule has 25 heavy (non-hydrogen) atoms. The molecule has 0 aliphatic carbocycles. The molecular formula is C16H25N3O5S. The summed E-state index contributed by atoms with van der Waals surface area (Å²) in [5.41, 5.74) is 1.13. The molecule has 2 saturated heterocycles. The minimum absolute atomic E-state index is 0.0417. The van der Waals surface area contributed by atoms with E-state index in [0.717, 1.165) is 11.3 Å². The van der Waals surface area contributed by atoms with Crippen LogP contribution in [-0.4, -0.2) is 73.3 Å². The highest BCUT2D eigenvalue weighted by Crippen LogP contribution is 2.31. The van der Waals surface area contributed by atoms with Crippen molar-refractivity contribution in [1.29, 1.82) is 0 Å². The third-order valence-corrected chi connectivity index (χ3v) is 6.47. The van der Waals surface area contributed by atoms with E-state index in [9.17, 15) is 13.2 Å². The van der Waals surface area contributed by atoms with Gasteiger partial charge in [-0.3, -0.25) is 4.79 Å². The van der Waals surface area contributed by atoms with Gasteiger partial charge in [0.25, 0.3) is 0 Å². The summed E-state index contributed by atoms with van der Waals surface area (Å²) in [5, 5.41) is 3.89. The number of amides is 1. The summed E-state index contributed by atoms with van der Waals surface area (Å²) >= 11 is 0. The van der Waals surface area contributed by atoms with Crippen LogP contribution in [0.3, 0.4) is 0 Å². The molecule has 1 aromatic rings. The number of nitrogens with zero attached hydrogens (tertiary/aromatic N) is 3. The summed E-state index contributed by atoms with van der Waals surface area (Å²) in [5.74, 6) is 0.721. The van der Waals surface area contributed by atoms with E-state index in [2.05, 4.69) is 5.16 Å². The zero-order chi connectivity index (χ0) is 18.2. The minimum Gasteiger partial charge on any atom is -0.372 e. The number of hydrogen-bond acceptors (Lipinski definition) is 6.